The number of carboxylic acid groups (broad SMARTS) is 1. The average molecular weight is 265 g/mol. The molecule has 1 aliphatic heterocycles. The largest absolute Gasteiger partial charge is 0.481 e. The molecule has 2 atom stereocenters. The van der Waals surface area contributed by atoms with Gasteiger partial charge in [-0.15, -0.1) is 0 Å². The number of carbonyl (C=O) groups is 2. The SMILES string of the molecule is O=C(O)[C@H]1CN(C(=O)c2ccsc2)C[C@@H]1C1CC1. The van der Waals surface area contributed by atoms with Crippen LogP contribution in [-0.2, 0) is 4.79 Å². The summed E-state index contributed by atoms with van der Waals surface area (Å²) >= 11 is 1.49. The third-order valence-corrected chi connectivity index (χ3v) is 4.65. The maximum Gasteiger partial charge on any atom is 0.308 e. The van der Waals surface area contributed by atoms with Gasteiger partial charge in [0.05, 0.1) is 11.5 Å². The van der Waals surface area contributed by atoms with E-state index in [1.807, 2.05) is 10.8 Å². The van der Waals surface area contributed by atoms with Crippen molar-refractivity contribution in [3.63, 3.8) is 0 Å². The number of rotatable bonds is 3. The first kappa shape index (κ1) is 11.7. The molecule has 1 aromatic rings. The molecule has 1 aliphatic carbocycles. The second-order valence-electron chi connectivity index (χ2n) is 5.17. The Hall–Kier alpha value is -1.36. The lowest BCUT2D eigenvalue weighted by Crippen LogP contribution is -2.29. The fourth-order valence-corrected chi connectivity index (χ4v) is 3.46. The van der Waals surface area contributed by atoms with Crippen LogP contribution < -0.4 is 0 Å². The van der Waals surface area contributed by atoms with Crippen molar-refractivity contribution in [2.24, 2.45) is 17.8 Å². The van der Waals surface area contributed by atoms with Crippen LogP contribution in [0.3, 0.4) is 0 Å². The smallest absolute Gasteiger partial charge is 0.308 e. The summed E-state index contributed by atoms with van der Waals surface area (Å²) in [5.41, 5.74) is 0.681. The van der Waals surface area contributed by atoms with E-state index in [2.05, 4.69) is 0 Å². The predicted octanol–water partition coefficient (Wildman–Crippen LogP) is 1.93. The van der Waals surface area contributed by atoms with Crippen molar-refractivity contribution in [3.05, 3.63) is 22.4 Å². The first-order valence-electron chi connectivity index (χ1n) is 6.21. The molecule has 0 bridgehead atoms. The zero-order valence-corrected chi connectivity index (χ0v) is 10.7. The van der Waals surface area contributed by atoms with Crippen LogP contribution in [0.4, 0.5) is 0 Å². The van der Waals surface area contributed by atoms with Gasteiger partial charge in [0.1, 0.15) is 0 Å². The van der Waals surface area contributed by atoms with Crippen LogP contribution in [0.1, 0.15) is 23.2 Å². The number of carboxylic acids is 1. The van der Waals surface area contributed by atoms with Gasteiger partial charge in [-0.2, -0.15) is 11.3 Å². The van der Waals surface area contributed by atoms with E-state index in [1.165, 1.54) is 11.3 Å². The highest BCUT2D eigenvalue weighted by atomic mass is 32.1. The van der Waals surface area contributed by atoms with Crippen molar-refractivity contribution in [2.75, 3.05) is 13.1 Å². The Morgan fingerprint density at radius 1 is 1.33 bits per heavy atom. The number of nitrogens with zero attached hydrogens (tertiary/aromatic N) is 1. The Morgan fingerprint density at radius 2 is 2.11 bits per heavy atom. The van der Waals surface area contributed by atoms with Gasteiger partial charge in [-0.25, -0.2) is 0 Å². The highest BCUT2D eigenvalue weighted by Gasteiger charge is 2.46. The van der Waals surface area contributed by atoms with Gasteiger partial charge < -0.3 is 10.0 Å². The van der Waals surface area contributed by atoms with Gasteiger partial charge in [-0.1, -0.05) is 0 Å². The summed E-state index contributed by atoms with van der Waals surface area (Å²) in [4.78, 5) is 25.2. The summed E-state index contributed by atoms with van der Waals surface area (Å²) in [6.07, 6.45) is 2.24. The van der Waals surface area contributed by atoms with Crippen LogP contribution in [-0.4, -0.2) is 35.0 Å². The van der Waals surface area contributed by atoms with Gasteiger partial charge in [0.25, 0.3) is 5.91 Å². The Morgan fingerprint density at radius 3 is 2.67 bits per heavy atom. The maximum absolute atomic E-state index is 12.2. The van der Waals surface area contributed by atoms with E-state index < -0.39 is 5.97 Å². The van der Waals surface area contributed by atoms with Crippen LogP contribution in [0.15, 0.2) is 16.8 Å². The minimum atomic E-state index is -0.757. The van der Waals surface area contributed by atoms with Crippen molar-refractivity contribution in [1.82, 2.24) is 4.90 Å². The molecule has 2 heterocycles. The van der Waals surface area contributed by atoms with Crippen LogP contribution in [0, 0.1) is 17.8 Å². The number of aliphatic carboxylic acids is 1. The number of likely N-dealkylation sites (tertiary alicyclic amines) is 1. The number of hydrogen-bond donors (Lipinski definition) is 1. The lowest BCUT2D eigenvalue weighted by molar-refractivity contribution is -0.142. The lowest BCUT2D eigenvalue weighted by atomic mass is 9.92. The van der Waals surface area contributed by atoms with Crippen molar-refractivity contribution in [2.45, 2.75) is 12.8 Å². The monoisotopic (exact) mass is 265 g/mol. The van der Waals surface area contributed by atoms with E-state index in [4.69, 9.17) is 0 Å². The van der Waals surface area contributed by atoms with E-state index in [-0.39, 0.29) is 17.7 Å². The molecule has 0 unspecified atom stereocenters. The molecule has 96 valence electrons. The first-order valence-corrected chi connectivity index (χ1v) is 7.15. The number of carbonyl (C=O) groups excluding carboxylic acids is 1. The molecular formula is C13H15NO3S. The van der Waals surface area contributed by atoms with Gasteiger partial charge in [-0.3, -0.25) is 9.59 Å². The molecule has 2 aliphatic rings. The third-order valence-electron chi connectivity index (χ3n) is 3.97. The van der Waals surface area contributed by atoms with Crippen LogP contribution in [0.25, 0.3) is 0 Å². The summed E-state index contributed by atoms with van der Waals surface area (Å²) in [6, 6.07) is 1.80. The van der Waals surface area contributed by atoms with Crippen molar-refractivity contribution in [1.29, 1.82) is 0 Å². The topological polar surface area (TPSA) is 57.6 Å². The molecule has 4 nitrogen and oxygen atoms in total. The van der Waals surface area contributed by atoms with Crippen LogP contribution in [0.2, 0.25) is 0 Å². The number of hydrogen-bond acceptors (Lipinski definition) is 3. The van der Waals surface area contributed by atoms with E-state index in [0.717, 1.165) is 12.8 Å². The molecule has 18 heavy (non-hydrogen) atoms. The molecule has 0 radical (unpaired) electrons. The van der Waals surface area contributed by atoms with Gasteiger partial charge >= 0.3 is 5.97 Å². The molecule has 0 aromatic carbocycles. The predicted molar refractivity (Wildman–Crippen MR) is 67.6 cm³/mol. The Balaban J connectivity index is 1.75. The summed E-state index contributed by atoms with van der Waals surface area (Å²) in [6.45, 7) is 0.974. The van der Waals surface area contributed by atoms with Gasteiger partial charge in [0.15, 0.2) is 0 Å². The molecule has 1 aromatic heterocycles. The highest BCUT2D eigenvalue weighted by Crippen LogP contribution is 2.44. The molecule has 1 saturated carbocycles. The fourth-order valence-electron chi connectivity index (χ4n) is 2.83. The lowest BCUT2D eigenvalue weighted by Gasteiger charge is -2.15. The Bertz CT molecular complexity index is 467. The minimum absolute atomic E-state index is 0.0225. The quantitative estimate of drug-likeness (QED) is 0.908. The molecule has 1 N–H and O–H groups in total. The highest BCUT2D eigenvalue weighted by molar-refractivity contribution is 7.08. The zero-order valence-electron chi connectivity index (χ0n) is 9.91. The molecule has 5 heteroatoms. The Labute approximate surface area is 109 Å². The number of thiophene rings is 1. The zero-order chi connectivity index (χ0) is 12.7. The molecular weight excluding hydrogens is 250 g/mol. The minimum Gasteiger partial charge on any atom is -0.481 e. The van der Waals surface area contributed by atoms with Crippen molar-refractivity contribution >= 4 is 23.2 Å². The summed E-state index contributed by atoms with van der Waals surface area (Å²) < 4.78 is 0. The molecule has 1 saturated heterocycles. The van der Waals surface area contributed by atoms with Crippen molar-refractivity contribution in [3.8, 4) is 0 Å². The number of amides is 1. The maximum atomic E-state index is 12.2. The fraction of sp³-hybridized carbons (Fsp3) is 0.538. The third kappa shape index (κ3) is 2.03. The Kier molecular flexibility index (Phi) is 2.86. The van der Waals surface area contributed by atoms with E-state index >= 15 is 0 Å². The second-order valence-corrected chi connectivity index (χ2v) is 5.95. The second kappa shape index (κ2) is 4.39. The van der Waals surface area contributed by atoms with Crippen LogP contribution >= 0.6 is 11.3 Å². The molecule has 1 amide bonds. The standard InChI is InChI=1S/C13H15NO3S/c15-12(9-3-4-18-7-9)14-5-10(8-1-2-8)11(6-14)13(16)17/h3-4,7-8,10-11H,1-2,5-6H2,(H,16,17)/t10-,11+/m1/s1. The van der Waals surface area contributed by atoms with Gasteiger partial charge in [0, 0.05) is 18.5 Å². The van der Waals surface area contributed by atoms with Gasteiger partial charge in [0.2, 0.25) is 0 Å². The molecule has 2 fully saturated rings. The van der Waals surface area contributed by atoms with Gasteiger partial charge in [-0.05, 0) is 36.1 Å². The summed E-state index contributed by atoms with van der Waals surface area (Å²) in [7, 11) is 0. The molecule has 3 rings (SSSR count). The average Bonchev–Trinajstić information content (AvgIpc) is 2.91. The first-order chi connectivity index (χ1) is 8.66. The van der Waals surface area contributed by atoms with Crippen LogP contribution in [0.5, 0.6) is 0 Å². The van der Waals surface area contributed by atoms with Crippen molar-refractivity contribution < 1.29 is 14.7 Å². The van der Waals surface area contributed by atoms with E-state index in [0.29, 0.717) is 24.6 Å². The van der Waals surface area contributed by atoms with E-state index in [1.54, 1.807) is 11.0 Å². The normalized spacial score (nSPS) is 27.4. The summed E-state index contributed by atoms with van der Waals surface area (Å²) in [5.74, 6) is -0.477. The summed E-state index contributed by atoms with van der Waals surface area (Å²) in [5, 5.41) is 12.9. The van der Waals surface area contributed by atoms with E-state index in [9.17, 15) is 14.7 Å². The molecule has 0 spiro atoms.